The zero-order chi connectivity index (χ0) is 13.8. The Morgan fingerprint density at radius 1 is 1.32 bits per heavy atom. The molecule has 1 aliphatic carbocycles. The fraction of sp³-hybridized carbons (Fsp3) is 0.714. The number of hydrogen-bond donors (Lipinski definition) is 1. The number of hydrogen-bond acceptors (Lipinski definition) is 4. The summed E-state index contributed by atoms with van der Waals surface area (Å²) in [4.78, 5) is 6.75. The van der Waals surface area contributed by atoms with Gasteiger partial charge in [-0.3, -0.25) is 9.67 Å². The Balaban J connectivity index is 1.98. The summed E-state index contributed by atoms with van der Waals surface area (Å²) in [6, 6.07) is 0.861. The number of guanidine groups is 1. The molecule has 3 rings (SSSR count). The van der Waals surface area contributed by atoms with Gasteiger partial charge in [0.05, 0.1) is 18.3 Å². The highest BCUT2D eigenvalue weighted by molar-refractivity contribution is 5.81. The van der Waals surface area contributed by atoms with Crippen LogP contribution in [-0.2, 0) is 12.5 Å². The molecule has 5 nitrogen and oxygen atoms in total. The van der Waals surface area contributed by atoms with Gasteiger partial charge in [0.1, 0.15) is 0 Å². The zero-order valence-corrected chi connectivity index (χ0v) is 12.2. The Morgan fingerprint density at radius 3 is 2.58 bits per heavy atom. The number of aryl methyl sites for hydroxylation is 1. The van der Waals surface area contributed by atoms with E-state index in [1.807, 2.05) is 11.7 Å². The van der Waals surface area contributed by atoms with Crippen LogP contribution in [0.3, 0.4) is 0 Å². The molecule has 0 saturated heterocycles. The van der Waals surface area contributed by atoms with Crippen molar-refractivity contribution in [3.05, 3.63) is 17.5 Å². The molecule has 0 aromatic carbocycles. The molecule has 0 bridgehead atoms. The highest BCUT2D eigenvalue weighted by Gasteiger charge is 2.41. The Hall–Kier alpha value is -1.52. The lowest BCUT2D eigenvalue weighted by atomic mass is 9.87. The summed E-state index contributed by atoms with van der Waals surface area (Å²) in [5.41, 5.74) is 8.55. The molecule has 0 radical (unpaired) electrons. The van der Waals surface area contributed by atoms with Crippen molar-refractivity contribution in [2.24, 2.45) is 17.8 Å². The Morgan fingerprint density at radius 2 is 2.00 bits per heavy atom. The number of aromatic nitrogens is 2. The first-order valence-corrected chi connectivity index (χ1v) is 7.00. The first-order chi connectivity index (χ1) is 8.88. The molecule has 1 aromatic rings. The Bertz CT molecular complexity index is 518. The highest BCUT2D eigenvalue weighted by Crippen LogP contribution is 2.39. The molecule has 0 spiro atoms. The van der Waals surface area contributed by atoms with Gasteiger partial charge in [-0.1, -0.05) is 20.8 Å². The zero-order valence-electron chi connectivity index (χ0n) is 12.2. The van der Waals surface area contributed by atoms with Crippen molar-refractivity contribution in [1.29, 1.82) is 0 Å². The van der Waals surface area contributed by atoms with Crippen molar-refractivity contribution in [3.63, 3.8) is 0 Å². The largest absolute Gasteiger partial charge is 0.370 e. The minimum Gasteiger partial charge on any atom is -0.370 e. The third-order valence-corrected chi connectivity index (χ3v) is 3.89. The second-order valence-corrected chi connectivity index (χ2v) is 6.71. The van der Waals surface area contributed by atoms with E-state index >= 15 is 0 Å². The van der Waals surface area contributed by atoms with Gasteiger partial charge in [-0.25, -0.2) is 0 Å². The molecular formula is C14H23N5. The predicted octanol–water partition coefficient (Wildman–Crippen LogP) is 1.55. The van der Waals surface area contributed by atoms with Crippen molar-refractivity contribution in [2.45, 2.75) is 51.1 Å². The lowest BCUT2D eigenvalue weighted by Gasteiger charge is -2.28. The molecule has 2 N–H and O–H groups in total. The van der Waals surface area contributed by atoms with E-state index in [4.69, 9.17) is 5.73 Å². The van der Waals surface area contributed by atoms with Gasteiger partial charge in [-0.15, -0.1) is 0 Å². The van der Waals surface area contributed by atoms with Crippen LogP contribution in [0.4, 0.5) is 0 Å². The van der Waals surface area contributed by atoms with Crippen molar-refractivity contribution in [1.82, 2.24) is 14.7 Å². The highest BCUT2D eigenvalue weighted by atomic mass is 15.4. The Kier molecular flexibility index (Phi) is 2.62. The average Bonchev–Trinajstić information content (AvgIpc) is 2.94. The molecule has 2 heterocycles. The third kappa shape index (κ3) is 2.11. The third-order valence-electron chi connectivity index (χ3n) is 3.89. The summed E-state index contributed by atoms with van der Waals surface area (Å²) < 4.78 is 1.91. The summed E-state index contributed by atoms with van der Waals surface area (Å²) in [6.07, 6.45) is 4.60. The van der Waals surface area contributed by atoms with Gasteiger partial charge in [0.15, 0.2) is 5.96 Å². The van der Waals surface area contributed by atoms with Gasteiger partial charge in [0.25, 0.3) is 0 Å². The van der Waals surface area contributed by atoms with Crippen LogP contribution in [0.5, 0.6) is 0 Å². The molecule has 1 saturated carbocycles. The van der Waals surface area contributed by atoms with Crippen molar-refractivity contribution in [3.8, 4) is 0 Å². The minimum absolute atomic E-state index is 0.0448. The summed E-state index contributed by atoms with van der Waals surface area (Å²) in [6.45, 7) is 7.38. The monoisotopic (exact) mass is 261 g/mol. The molecule has 1 fully saturated rings. The topological polar surface area (TPSA) is 59.4 Å². The Labute approximate surface area is 114 Å². The normalized spacial score (nSPS) is 23.9. The summed E-state index contributed by atoms with van der Waals surface area (Å²) in [5, 5.41) is 4.66. The standard InChI is InChI=1S/C14H23N5/c1-14(2,3)12-10(8-18(4)17-12)11-7-16-13(15)19(11)9-5-6-9/h8-9,11H,5-7H2,1-4H3,(H2,15,16). The van der Waals surface area contributed by atoms with Crippen LogP contribution in [0.1, 0.15) is 50.9 Å². The summed E-state index contributed by atoms with van der Waals surface area (Å²) in [7, 11) is 1.99. The SMILES string of the molecule is Cn1cc(C2CN=C(N)N2C2CC2)c(C(C)(C)C)n1. The van der Waals surface area contributed by atoms with Crippen LogP contribution in [0, 0.1) is 0 Å². The van der Waals surface area contributed by atoms with Crippen LogP contribution in [-0.4, -0.2) is 33.2 Å². The fourth-order valence-corrected chi connectivity index (χ4v) is 2.89. The molecule has 1 unspecified atom stereocenters. The van der Waals surface area contributed by atoms with E-state index < -0.39 is 0 Å². The van der Waals surface area contributed by atoms with E-state index in [1.165, 1.54) is 18.4 Å². The molecule has 5 heteroatoms. The lowest BCUT2D eigenvalue weighted by molar-refractivity contribution is 0.333. The van der Waals surface area contributed by atoms with Crippen LogP contribution in [0.25, 0.3) is 0 Å². The number of aliphatic imine (C=N–C) groups is 1. The maximum absolute atomic E-state index is 6.06. The second kappa shape index (κ2) is 3.99. The van der Waals surface area contributed by atoms with Gasteiger partial charge in [-0.2, -0.15) is 5.10 Å². The molecule has 2 aliphatic rings. The molecule has 1 aromatic heterocycles. The molecule has 1 aliphatic heterocycles. The van der Waals surface area contributed by atoms with Crippen LogP contribution >= 0.6 is 0 Å². The second-order valence-electron chi connectivity index (χ2n) is 6.71. The maximum Gasteiger partial charge on any atom is 0.192 e. The molecule has 1 atom stereocenters. The van der Waals surface area contributed by atoms with Gasteiger partial charge >= 0.3 is 0 Å². The maximum atomic E-state index is 6.06. The van der Waals surface area contributed by atoms with E-state index in [0.717, 1.165) is 12.2 Å². The van der Waals surface area contributed by atoms with E-state index in [2.05, 4.69) is 42.0 Å². The first kappa shape index (κ1) is 12.5. The molecule has 19 heavy (non-hydrogen) atoms. The van der Waals surface area contributed by atoms with Crippen LogP contribution < -0.4 is 5.73 Å². The van der Waals surface area contributed by atoms with Gasteiger partial charge in [0, 0.05) is 30.3 Å². The molecular weight excluding hydrogens is 238 g/mol. The van der Waals surface area contributed by atoms with E-state index in [0.29, 0.717) is 12.0 Å². The predicted molar refractivity (Wildman–Crippen MR) is 76.0 cm³/mol. The van der Waals surface area contributed by atoms with Crippen LogP contribution in [0.15, 0.2) is 11.2 Å². The number of nitrogens with zero attached hydrogens (tertiary/aromatic N) is 4. The molecule has 104 valence electrons. The quantitative estimate of drug-likeness (QED) is 0.878. The number of nitrogens with two attached hydrogens (primary N) is 1. The van der Waals surface area contributed by atoms with Crippen molar-refractivity contribution < 1.29 is 0 Å². The van der Waals surface area contributed by atoms with E-state index in [-0.39, 0.29) is 11.5 Å². The number of rotatable bonds is 2. The summed E-state index contributed by atoms with van der Waals surface area (Å²) >= 11 is 0. The van der Waals surface area contributed by atoms with Crippen molar-refractivity contribution in [2.75, 3.05) is 6.54 Å². The summed E-state index contributed by atoms with van der Waals surface area (Å²) in [5.74, 6) is 0.705. The fourth-order valence-electron chi connectivity index (χ4n) is 2.89. The average molecular weight is 261 g/mol. The molecule has 0 amide bonds. The van der Waals surface area contributed by atoms with E-state index in [9.17, 15) is 0 Å². The lowest BCUT2D eigenvalue weighted by Crippen LogP contribution is -2.38. The minimum atomic E-state index is 0.0448. The smallest absolute Gasteiger partial charge is 0.192 e. The van der Waals surface area contributed by atoms with Gasteiger partial charge < -0.3 is 10.6 Å². The van der Waals surface area contributed by atoms with Crippen molar-refractivity contribution >= 4 is 5.96 Å². The van der Waals surface area contributed by atoms with Gasteiger partial charge in [-0.05, 0) is 12.8 Å². The first-order valence-electron chi connectivity index (χ1n) is 7.00. The van der Waals surface area contributed by atoms with E-state index in [1.54, 1.807) is 0 Å². The van der Waals surface area contributed by atoms with Gasteiger partial charge in [0.2, 0.25) is 0 Å². The van der Waals surface area contributed by atoms with Crippen LogP contribution in [0.2, 0.25) is 0 Å².